The van der Waals surface area contributed by atoms with E-state index in [0.29, 0.717) is 0 Å². The molecule has 0 atom stereocenters. The summed E-state index contributed by atoms with van der Waals surface area (Å²) >= 11 is -4.27. The predicted molar refractivity (Wildman–Crippen MR) is 166 cm³/mol. The van der Waals surface area contributed by atoms with Gasteiger partial charge in [-0.25, -0.2) is 0 Å². The van der Waals surface area contributed by atoms with Crippen molar-refractivity contribution in [1.29, 1.82) is 0 Å². The fraction of sp³-hybridized carbons (Fsp3) is 0.0556. The summed E-state index contributed by atoms with van der Waals surface area (Å²) in [5, 5.41) is 3.14. The first-order valence-corrected chi connectivity index (χ1v) is 21.4. The molecule has 2 heteroatoms. The molecule has 1 aliphatic carbocycles. The van der Waals surface area contributed by atoms with Crippen LogP contribution in [0.2, 0.25) is 0 Å². The zero-order valence-electron chi connectivity index (χ0n) is 21.2. The van der Waals surface area contributed by atoms with Crippen molar-refractivity contribution in [2.24, 2.45) is 0 Å². The number of rotatable bonds is 6. The molecule has 38 heavy (non-hydrogen) atoms. The summed E-state index contributed by atoms with van der Waals surface area (Å²) in [6, 6.07) is 55.5. The maximum absolute atomic E-state index is 3.73. The molecule has 0 saturated carbocycles. The van der Waals surface area contributed by atoms with E-state index >= 15 is 0 Å². The topological polar surface area (TPSA) is 0 Å². The van der Waals surface area contributed by atoms with E-state index in [1.165, 1.54) is 25.5 Å². The van der Waals surface area contributed by atoms with Gasteiger partial charge in [0.25, 0.3) is 0 Å². The Labute approximate surface area is 239 Å². The Morgan fingerprint density at radius 3 is 1.37 bits per heavy atom. The summed E-state index contributed by atoms with van der Waals surface area (Å²) in [7, 11) is 0. The van der Waals surface area contributed by atoms with Crippen LogP contribution in [0.4, 0.5) is 0 Å². The molecular weight excluding hydrogens is 679 g/mol. The van der Waals surface area contributed by atoms with Crippen LogP contribution in [0.3, 0.4) is 0 Å². The minimum atomic E-state index is -3.73. The monoisotopic (exact) mass is 710 g/mol. The SMILES string of the molecule is c1ccc([Te]c2ccc3c4c(cc[c]([Sn]([c]5ccccc5)([c]5ccccc5)[c]5ccccc5)c24)CC3)cc1. The number of aryl methyl sites for hydroxylation is 2. The molecule has 7 rings (SSSR count). The van der Waals surface area contributed by atoms with Crippen LogP contribution in [0, 0.1) is 0 Å². The molecule has 0 radical (unpaired) electrons. The summed E-state index contributed by atoms with van der Waals surface area (Å²) in [5.74, 6) is 0. The summed E-state index contributed by atoms with van der Waals surface area (Å²) in [6.07, 6.45) is 2.32. The van der Waals surface area contributed by atoms with E-state index in [1.54, 1.807) is 18.0 Å². The molecule has 182 valence electrons. The third-order valence-corrected chi connectivity index (χ3v) is 24.8. The van der Waals surface area contributed by atoms with Gasteiger partial charge in [0.2, 0.25) is 0 Å². The third kappa shape index (κ3) is 4.04. The fourth-order valence-corrected chi connectivity index (χ4v) is 24.2. The molecule has 1 aliphatic rings. The van der Waals surface area contributed by atoms with E-state index in [0.717, 1.165) is 12.8 Å². The maximum atomic E-state index is 2.55. The van der Waals surface area contributed by atoms with Crippen LogP contribution in [-0.4, -0.2) is 39.3 Å². The van der Waals surface area contributed by atoms with Crippen LogP contribution in [-0.2, 0) is 12.8 Å². The van der Waals surface area contributed by atoms with Gasteiger partial charge in [0, 0.05) is 0 Å². The second-order valence-corrected chi connectivity index (χ2v) is 24.0. The predicted octanol–water partition coefficient (Wildman–Crippen LogP) is 3.97. The van der Waals surface area contributed by atoms with E-state index in [1.807, 2.05) is 0 Å². The number of hydrogen-bond donors (Lipinski definition) is 0. The van der Waals surface area contributed by atoms with Gasteiger partial charge in [-0.3, -0.25) is 0 Å². The van der Waals surface area contributed by atoms with Crippen molar-refractivity contribution in [3.05, 3.63) is 157 Å². The Morgan fingerprint density at radius 2 is 0.868 bits per heavy atom. The van der Waals surface area contributed by atoms with Crippen LogP contribution in [0.5, 0.6) is 0 Å². The van der Waals surface area contributed by atoms with E-state index in [4.69, 9.17) is 0 Å². The van der Waals surface area contributed by atoms with Crippen LogP contribution < -0.4 is 21.5 Å². The van der Waals surface area contributed by atoms with Gasteiger partial charge in [-0.1, -0.05) is 0 Å². The quantitative estimate of drug-likeness (QED) is 0.230. The molecule has 0 bridgehead atoms. The van der Waals surface area contributed by atoms with E-state index in [-0.39, 0.29) is 0 Å². The van der Waals surface area contributed by atoms with Crippen molar-refractivity contribution in [2.75, 3.05) is 0 Å². The molecule has 0 aromatic heterocycles. The summed E-state index contributed by atoms with van der Waals surface area (Å²) < 4.78 is 9.25. The van der Waals surface area contributed by atoms with Crippen LogP contribution in [0.25, 0.3) is 10.8 Å². The summed E-state index contributed by atoms with van der Waals surface area (Å²) in [5.41, 5.74) is 3.07. The van der Waals surface area contributed by atoms with Crippen LogP contribution in [0.15, 0.2) is 146 Å². The second-order valence-electron chi connectivity index (χ2n) is 10.0. The first-order valence-electron chi connectivity index (χ1n) is 13.3. The Bertz CT molecular complexity index is 1610. The fourth-order valence-electron chi connectivity index (χ4n) is 6.34. The van der Waals surface area contributed by atoms with E-state index in [2.05, 4.69) is 146 Å². The summed E-state index contributed by atoms with van der Waals surface area (Å²) in [4.78, 5) is 0. The first kappa shape index (κ1) is 24.2. The van der Waals surface area contributed by atoms with Crippen molar-refractivity contribution in [3.8, 4) is 0 Å². The molecule has 0 saturated heterocycles. The van der Waals surface area contributed by atoms with Gasteiger partial charge in [0.1, 0.15) is 0 Å². The normalized spacial score (nSPS) is 12.6. The van der Waals surface area contributed by atoms with Gasteiger partial charge < -0.3 is 0 Å². The summed E-state index contributed by atoms with van der Waals surface area (Å²) in [6.45, 7) is 0. The molecule has 6 aromatic rings. The van der Waals surface area contributed by atoms with Crippen molar-refractivity contribution < 1.29 is 0 Å². The van der Waals surface area contributed by atoms with Crippen molar-refractivity contribution in [3.63, 3.8) is 0 Å². The van der Waals surface area contributed by atoms with E-state index < -0.39 is 39.3 Å². The van der Waals surface area contributed by atoms with Gasteiger partial charge in [0.05, 0.1) is 0 Å². The Kier molecular flexibility index (Phi) is 6.62. The average molecular weight is 707 g/mol. The van der Waals surface area contributed by atoms with Gasteiger partial charge in [-0.2, -0.15) is 0 Å². The minimum absolute atomic E-state index is 0.543. The zero-order chi connectivity index (χ0) is 25.4. The zero-order valence-corrected chi connectivity index (χ0v) is 26.4. The number of hydrogen-bond acceptors (Lipinski definition) is 0. The van der Waals surface area contributed by atoms with Gasteiger partial charge in [-0.15, -0.1) is 0 Å². The Balaban J connectivity index is 1.64. The molecule has 0 heterocycles. The second kappa shape index (κ2) is 10.4. The Morgan fingerprint density at radius 1 is 0.421 bits per heavy atom. The standard InChI is InChI=1S/C18H13Te.3C6H5.Sn/c1-2-6-15(7-3-1)19-17-12-11-14-10-9-13-5-4-8-16(17)18(13)14;3*1-2-4-6-5-3-1;/h1-7,11-12H,9-10H2;3*1-5H;. The third-order valence-electron chi connectivity index (χ3n) is 7.95. The first-order chi connectivity index (χ1) is 18.9. The van der Waals surface area contributed by atoms with Crippen molar-refractivity contribution in [1.82, 2.24) is 0 Å². The molecule has 0 N–H and O–H groups in total. The molecule has 0 nitrogen and oxygen atoms in total. The molecule has 6 aromatic carbocycles. The van der Waals surface area contributed by atoms with Crippen molar-refractivity contribution >= 4 is 71.6 Å². The molecule has 0 amide bonds. The molecule has 0 spiro atoms. The Hall–Kier alpha value is -2.83. The molecular formula is C36H28SnTe. The van der Waals surface area contributed by atoms with Crippen LogP contribution >= 0.6 is 0 Å². The molecule has 0 aliphatic heterocycles. The molecule has 0 unspecified atom stereocenters. The molecule has 0 fully saturated rings. The van der Waals surface area contributed by atoms with Gasteiger partial charge in [-0.05, 0) is 0 Å². The van der Waals surface area contributed by atoms with Gasteiger partial charge in [0.15, 0.2) is 0 Å². The average Bonchev–Trinajstić information content (AvgIpc) is 3.42. The van der Waals surface area contributed by atoms with Crippen LogP contribution in [0.1, 0.15) is 11.1 Å². The van der Waals surface area contributed by atoms with E-state index in [9.17, 15) is 0 Å². The van der Waals surface area contributed by atoms with Crippen molar-refractivity contribution in [2.45, 2.75) is 12.8 Å². The number of benzene rings is 6. The van der Waals surface area contributed by atoms with Gasteiger partial charge >= 0.3 is 241 Å².